The van der Waals surface area contributed by atoms with Crippen molar-refractivity contribution < 1.29 is 4.79 Å². The van der Waals surface area contributed by atoms with Crippen LogP contribution in [-0.4, -0.2) is 15.7 Å². The summed E-state index contributed by atoms with van der Waals surface area (Å²) >= 11 is 0. The molecule has 0 saturated heterocycles. The minimum Gasteiger partial charge on any atom is -0.346 e. The predicted molar refractivity (Wildman–Crippen MR) is 97.2 cm³/mol. The SMILES string of the molecule is Cc1cc(C)cc(C(=O)NCc2nn(C(C)C)c3ccccc23)c1. The summed E-state index contributed by atoms with van der Waals surface area (Å²) < 4.78 is 2.01. The van der Waals surface area contributed by atoms with Gasteiger partial charge in [-0.1, -0.05) is 35.4 Å². The molecule has 4 nitrogen and oxygen atoms in total. The molecule has 0 saturated carbocycles. The number of para-hydroxylation sites is 1. The second-order valence-electron chi connectivity index (χ2n) is 6.56. The lowest BCUT2D eigenvalue weighted by atomic mass is 10.1. The zero-order valence-corrected chi connectivity index (χ0v) is 14.6. The van der Waals surface area contributed by atoms with Crippen molar-refractivity contribution in [2.24, 2.45) is 0 Å². The van der Waals surface area contributed by atoms with Crippen molar-refractivity contribution in [1.29, 1.82) is 0 Å². The van der Waals surface area contributed by atoms with E-state index in [1.54, 1.807) is 0 Å². The number of nitrogens with one attached hydrogen (secondary N) is 1. The Morgan fingerprint density at radius 3 is 2.46 bits per heavy atom. The molecule has 2 aromatic carbocycles. The maximum absolute atomic E-state index is 12.5. The standard InChI is InChI=1S/C20H23N3O/c1-13(2)23-19-8-6-5-7-17(19)18(22-23)12-21-20(24)16-10-14(3)9-15(4)11-16/h5-11,13H,12H2,1-4H3,(H,21,24). The smallest absolute Gasteiger partial charge is 0.251 e. The Hall–Kier alpha value is -2.62. The zero-order chi connectivity index (χ0) is 17.3. The van der Waals surface area contributed by atoms with E-state index in [9.17, 15) is 4.79 Å². The van der Waals surface area contributed by atoms with Crippen LogP contribution in [0.2, 0.25) is 0 Å². The fraction of sp³-hybridized carbons (Fsp3) is 0.300. The average molecular weight is 321 g/mol. The van der Waals surface area contributed by atoms with E-state index in [-0.39, 0.29) is 11.9 Å². The third kappa shape index (κ3) is 3.18. The molecule has 1 amide bonds. The molecule has 1 heterocycles. The van der Waals surface area contributed by atoms with E-state index in [0.717, 1.165) is 27.7 Å². The summed E-state index contributed by atoms with van der Waals surface area (Å²) in [7, 11) is 0. The van der Waals surface area contributed by atoms with Crippen LogP contribution in [0.3, 0.4) is 0 Å². The normalized spacial score (nSPS) is 11.2. The van der Waals surface area contributed by atoms with Crippen LogP contribution in [0, 0.1) is 13.8 Å². The van der Waals surface area contributed by atoms with Crippen molar-refractivity contribution in [3.05, 3.63) is 64.8 Å². The van der Waals surface area contributed by atoms with Crippen molar-refractivity contribution in [3.63, 3.8) is 0 Å². The molecule has 24 heavy (non-hydrogen) atoms. The summed E-state index contributed by atoms with van der Waals surface area (Å²) in [6.07, 6.45) is 0. The molecular formula is C20H23N3O. The molecule has 0 unspecified atom stereocenters. The molecule has 3 aromatic rings. The molecule has 0 radical (unpaired) electrons. The highest BCUT2D eigenvalue weighted by Gasteiger charge is 2.13. The molecule has 0 spiro atoms. The summed E-state index contributed by atoms with van der Waals surface area (Å²) in [5.41, 5.74) is 4.88. The summed E-state index contributed by atoms with van der Waals surface area (Å²) in [5, 5.41) is 8.78. The summed E-state index contributed by atoms with van der Waals surface area (Å²) in [4.78, 5) is 12.5. The van der Waals surface area contributed by atoms with Gasteiger partial charge in [0.2, 0.25) is 0 Å². The molecule has 0 atom stereocenters. The Morgan fingerprint density at radius 2 is 1.79 bits per heavy atom. The van der Waals surface area contributed by atoms with Crippen LogP contribution in [-0.2, 0) is 6.54 Å². The molecule has 0 aliphatic heterocycles. The van der Waals surface area contributed by atoms with E-state index in [1.807, 2.05) is 42.8 Å². The van der Waals surface area contributed by atoms with Gasteiger partial charge in [0.25, 0.3) is 5.91 Å². The van der Waals surface area contributed by atoms with Gasteiger partial charge in [-0.05, 0) is 45.9 Å². The molecule has 0 aliphatic rings. The van der Waals surface area contributed by atoms with Crippen LogP contribution in [0.4, 0.5) is 0 Å². The quantitative estimate of drug-likeness (QED) is 0.784. The van der Waals surface area contributed by atoms with E-state index in [0.29, 0.717) is 12.1 Å². The highest BCUT2D eigenvalue weighted by molar-refractivity contribution is 5.94. The van der Waals surface area contributed by atoms with Gasteiger partial charge in [0.05, 0.1) is 17.8 Å². The minimum absolute atomic E-state index is 0.0648. The van der Waals surface area contributed by atoms with Gasteiger partial charge in [-0.25, -0.2) is 0 Å². The highest BCUT2D eigenvalue weighted by Crippen LogP contribution is 2.21. The van der Waals surface area contributed by atoms with Crippen LogP contribution < -0.4 is 5.32 Å². The van der Waals surface area contributed by atoms with Crippen LogP contribution in [0.25, 0.3) is 10.9 Å². The molecule has 0 fully saturated rings. The maximum Gasteiger partial charge on any atom is 0.251 e. The lowest BCUT2D eigenvalue weighted by molar-refractivity contribution is 0.0950. The maximum atomic E-state index is 12.5. The first kappa shape index (κ1) is 16.2. The van der Waals surface area contributed by atoms with E-state index in [4.69, 9.17) is 5.10 Å². The number of hydrogen-bond donors (Lipinski definition) is 1. The number of benzene rings is 2. The van der Waals surface area contributed by atoms with Crippen molar-refractivity contribution in [3.8, 4) is 0 Å². The lowest BCUT2D eigenvalue weighted by Gasteiger charge is -2.07. The fourth-order valence-electron chi connectivity index (χ4n) is 3.05. The number of rotatable bonds is 4. The number of fused-ring (bicyclic) bond motifs is 1. The van der Waals surface area contributed by atoms with Crippen LogP contribution in [0.5, 0.6) is 0 Å². The van der Waals surface area contributed by atoms with Crippen molar-refractivity contribution in [2.75, 3.05) is 0 Å². The fourth-order valence-corrected chi connectivity index (χ4v) is 3.05. The molecule has 0 bridgehead atoms. The van der Waals surface area contributed by atoms with E-state index in [2.05, 4.69) is 37.4 Å². The van der Waals surface area contributed by atoms with Crippen molar-refractivity contribution in [1.82, 2.24) is 15.1 Å². The van der Waals surface area contributed by atoms with E-state index in [1.165, 1.54) is 0 Å². The van der Waals surface area contributed by atoms with E-state index >= 15 is 0 Å². The number of carbonyl (C=O) groups is 1. The van der Waals surface area contributed by atoms with Gasteiger partial charge >= 0.3 is 0 Å². The number of nitrogens with zero attached hydrogens (tertiary/aromatic N) is 2. The topological polar surface area (TPSA) is 46.9 Å². The zero-order valence-electron chi connectivity index (χ0n) is 14.6. The lowest BCUT2D eigenvalue weighted by Crippen LogP contribution is -2.23. The van der Waals surface area contributed by atoms with Crippen LogP contribution >= 0.6 is 0 Å². The number of hydrogen-bond acceptors (Lipinski definition) is 2. The second kappa shape index (κ2) is 6.48. The minimum atomic E-state index is -0.0648. The summed E-state index contributed by atoms with van der Waals surface area (Å²) in [6, 6.07) is 14.3. The molecule has 1 aromatic heterocycles. The third-order valence-electron chi connectivity index (χ3n) is 4.08. The van der Waals surface area contributed by atoms with Gasteiger partial charge in [0, 0.05) is 17.0 Å². The first-order chi connectivity index (χ1) is 11.5. The number of carbonyl (C=O) groups excluding carboxylic acids is 1. The second-order valence-corrected chi connectivity index (χ2v) is 6.56. The predicted octanol–water partition coefficient (Wildman–Crippen LogP) is 4.16. The van der Waals surface area contributed by atoms with Crippen LogP contribution in [0.1, 0.15) is 47.1 Å². The third-order valence-corrected chi connectivity index (χ3v) is 4.08. The highest BCUT2D eigenvalue weighted by atomic mass is 16.1. The first-order valence-corrected chi connectivity index (χ1v) is 8.28. The molecule has 4 heteroatoms. The van der Waals surface area contributed by atoms with Crippen molar-refractivity contribution in [2.45, 2.75) is 40.3 Å². The number of amides is 1. The van der Waals surface area contributed by atoms with Gasteiger partial charge in [-0.3, -0.25) is 9.48 Å². The van der Waals surface area contributed by atoms with Gasteiger partial charge in [-0.15, -0.1) is 0 Å². The van der Waals surface area contributed by atoms with Gasteiger partial charge in [0.1, 0.15) is 0 Å². The molecule has 0 aliphatic carbocycles. The van der Waals surface area contributed by atoms with Gasteiger partial charge < -0.3 is 5.32 Å². The summed E-state index contributed by atoms with van der Waals surface area (Å²) in [6.45, 7) is 8.64. The Bertz CT molecular complexity index is 873. The van der Waals surface area contributed by atoms with Crippen LogP contribution in [0.15, 0.2) is 42.5 Å². The van der Waals surface area contributed by atoms with E-state index < -0.39 is 0 Å². The molecule has 1 N–H and O–H groups in total. The van der Waals surface area contributed by atoms with Crippen molar-refractivity contribution >= 4 is 16.8 Å². The Labute approximate surface area is 142 Å². The number of aromatic nitrogens is 2. The molecule has 124 valence electrons. The van der Waals surface area contributed by atoms with Gasteiger partial charge in [0.15, 0.2) is 0 Å². The monoisotopic (exact) mass is 321 g/mol. The summed E-state index contributed by atoms with van der Waals surface area (Å²) in [5.74, 6) is -0.0648. The molecule has 3 rings (SSSR count). The average Bonchev–Trinajstić information content (AvgIpc) is 2.91. The Kier molecular flexibility index (Phi) is 4.38. The molecular weight excluding hydrogens is 298 g/mol. The Balaban J connectivity index is 1.84. The largest absolute Gasteiger partial charge is 0.346 e. The number of aryl methyl sites for hydroxylation is 2. The Morgan fingerprint density at radius 1 is 1.12 bits per heavy atom. The first-order valence-electron chi connectivity index (χ1n) is 8.28. The van der Waals surface area contributed by atoms with Gasteiger partial charge in [-0.2, -0.15) is 5.10 Å².